The molecular weight excluding hydrogens is 286 g/mol. The SMILES string of the molecule is [C-]#[N+]c1ccc(C2=C(c3ccc(C)cc3)C(=O)C(C)(C)O2)cc1. The first-order valence-electron chi connectivity index (χ1n) is 7.45. The van der Waals surface area contributed by atoms with Gasteiger partial charge in [-0.15, -0.1) is 0 Å². The third-order valence-electron chi connectivity index (χ3n) is 3.96. The van der Waals surface area contributed by atoms with E-state index in [0.717, 1.165) is 16.7 Å². The molecule has 0 aliphatic carbocycles. The molecule has 2 aromatic carbocycles. The molecule has 0 bridgehead atoms. The molecule has 0 unspecified atom stereocenters. The van der Waals surface area contributed by atoms with Crippen LogP contribution in [0.1, 0.15) is 30.5 Å². The molecule has 3 rings (SSSR count). The van der Waals surface area contributed by atoms with Gasteiger partial charge < -0.3 is 4.74 Å². The molecule has 0 aromatic heterocycles. The van der Waals surface area contributed by atoms with Gasteiger partial charge in [-0.25, -0.2) is 4.85 Å². The van der Waals surface area contributed by atoms with Crippen molar-refractivity contribution in [2.45, 2.75) is 26.4 Å². The zero-order chi connectivity index (χ0) is 16.6. The Morgan fingerprint density at radius 1 is 0.957 bits per heavy atom. The zero-order valence-corrected chi connectivity index (χ0v) is 13.4. The first-order chi connectivity index (χ1) is 10.9. The second-order valence-electron chi connectivity index (χ2n) is 6.17. The average molecular weight is 303 g/mol. The molecule has 0 saturated carbocycles. The maximum absolute atomic E-state index is 12.8. The van der Waals surface area contributed by atoms with Gasteiger partial charge in [0.25, 0.3) is 0 Å². The molecule has 0 atom stereocenters. The molecular formula is C20H17NO2. The minimum atomic E-state index is -0.881. The van der Waals surface area contributed by atoms with Crippen molar-refractivity contribution < 1.29 is 9.53 Å². The smallest absolute Gasteiger partial charge is 0.210 e. The molecule has 114 valence electrons. The van der Waals surface area contributed by atoms with E-state index < -0.39 is 5.60 Å². The molecule has 0 radical (unpaired) electrons. The van der Waals surface area contributed by atoms with E-state index in [-0.39, 0.29) is 5.78 Å². The third-order valence-corrected chi connectivity index (χ3v) is 3.96. The van der Waals surface area contributed by atoms with Crippen molar-refractivity contribution in [1.82, 2.24) is 0 Å². The fraction of sp³-hybridized carbons (Fsp3) is 0.200. The number of hydrogen-bond acceptors (Lipinski definition) is 2. The van der Waals surface area contributed by atoms with Gasteiger partial charge in [0.05, 0.1) is 12.1 Å². The molecule has 23 heavy (non-hydrogen) atoms. The fourth-order valence-corrected chi connectivity index (χ4v) is 2.63. The minimum absolute atomic E-state index is 0.0226. The summed E-state index contributed by atoms with van der Waals surface area (Å²) in [5, 5.41) is 0. The second kappa shape index (κ2) is 5.40. The number of hydrogen-bond donors (Lipinski definition) is 0. The summed E-state index contributed by atoms with van der Waals surface area (Å²) in [4.78, 5) is 16.2. The van der Waals surface area contributed by atoms with Gasteiger partial charge in [0, 0.05) is 5.56 Å². The Morgan fingerprint density at radius 2 is 1.52 bits per heavy atom. The highest BCUT2D eigenvalue weighted by atomic mass is 16.5. The Labute approximate surface area is 136 Å². The predicted molar refractivity (Wildman–Crippen MR) is 90.9 cm³/mol. The monoisotopic (exact) mass is 303 g/mol. The van der Waals surface area contributed by atoms with E-state index in [2.05, 4.69) is 4.85 Å². The number of Topliss-reactive ketones (excluding diaryl/α,β-unsaturated/α-hetero) is 1. The lowest BCUT2D eigenvalue weighted by atomic mass is 9.92. The van der Waals surface area contributed by atoms with Crippen LogP contribution in [0.25, 0.3) is 16.2 Å². The van der Waals surface area contributed by atoms with E-state index in [1.54, 1.807) is 26.0 Å². The summed E-state index contributed by atoms with van der Waals surface area (Å²) >= 11 is 0. The fourth-order valence-electron chi connectivity index (χ4n) is 2.63. The van der Waals surface area contributed by atoms with Crippen molar-refractivity contribution in [1.29, 1.82) is 0 Å². The number of nitrogens with zero attached hydrogens (tertiary/aromatic N) is 1. The van der Waals surface area contributed by atoms with Crippen LogP contribution in [0.15, 0.2) is 48.5 Å². The highest BCUT2D eigenvalue weighted by molar-refractivity contribution is 6.32. The van der Waals surface area contributed by atoms with Crippen molar-refractivity contribution in [3.05, 3.63) is 76.6 Å². The Morgan fingerprint density at radius 3 is 2.09 bits per heavy atom. The topological polar surface area (TPSA) is 30.7 Å². The third kappa shape index (κ3) is 2.64. The second-order valence-corrected chi connectivity index (χ2v) is 6.17. The van der Waals surface area contributed by atoms with Gasteiger partial charge in [0.2, 0.25) is 5.78 Å². The van der Waals surface area contributed by atoms with Gasteiger partial charge in [-0.2, -0.15) is 0 Å². The van der Waals surface area contributed by atoms with Crippen molar-refractivity contribution in [2.24, 2.45) is 0 Å². The Bertz CT molecular complexity index is 835. The van der Waals surface area contributed by atoms with E-state index in [1.807, 2.05) is 43.3 Å². The summed E-state index contributed by atoms with van der Waals surface area (Å²) < 4.78 is 5.97. The van der Waals surface area contributed by atoms with Crippen LogP contribution in [0.5, 0.6) is 0 Å². The number of carbonyl (C=O) groups excluding carboxylic acids is 1. The summed E-state index contributed by atoms with van der Waals surface area (Å²) in [5.74, 6) is 0.561. The van der Waals surface area contributed by atoms with Crippen LogP contribution >= 0.6 is 0 Å². The summed E-state index contributed by atoms with van der Waals surface area (Å²) in [7, 11) is 0. The van der Waals surface area contributed by atoms with Crippen LogP contribution in [0.2, 0.25) is 0 Å². The first-order valence-corrected chi connectivity index (χ1v) is 7.45. The van der Waals surface area contributed by atoms with Crippen molar-refractivity contribution in [3.63, 3.8) is 0 Å². The summed E-state index contributed by atoms with van der Waals surface area (Å²) in [6, 6.07) is 15.0. The van der Waals surface area contributed by atoms with Crippen LogP contribution in [0.4, 0.5) is 5.69 Å². The highest BCUT2D eigenvalue weighted by Gasteiger charge is 2.42. The van der Waals surface area contributed by atoms with Gasteiger partial charge >= 0.3 is 0 Å². The van der Waals surface area contributed by atoms with Gasteiger partial charge in [-0.1, -0.05) is 54.1 Å². The van der Waals surface area contributed by atoms with Gasteiger partial charge in [0.15, 0.2) is 11.3 Å². The van der Waals surface area contributed by atoms with E-state index in [4.69, 9.17) is 11.3 Å². The molecule has 0 saturated heterocycles. The quantitative estimate of drug-likeness (QED) is 0.747. The summed E-state index contributed by atoms with van der Waals surface area (Å²) in [5.41, 5.74) is 3.10. The standard InChI is InChI=1S/C20H17NO2/c1-13-5-7-14(8-6-13)17-18(23-20(2,3)19(17)22)15-9-11-16(21-4)12-10-15/h5-12H,1-3H3. The van der Waals surface area contributed by atoms with Crippen LogP contribution in [0.3, 0.4) is 0 Å². The van der Waals surface area contributed by atoms with Crippen LogP contribution < -0.4 is 0 Å². The number of aryl methyl sites for hydroxylation is 1. The molecule has 2 aromatic rings. The maximum atomic E-state index is 12.8. The lowest BCUT2D eigenvalue weighted by Crippen LogP contribution is -2.29. The molecule has 1 aliphatic heterocycles. The first kappa shape index (κ1) is 15.1. The summed E-state index contributed by atoms with van der Waals surface area (Å²) in [6.07, 6.45) is 0. The largest absolute Gasteiger partial charge is 0.478 e. The minimum Gasteiger partial charge on any atom is -0.478 e. The number of benzene rings is 2. The normalized spacial score (nSPS) is 16.2. The van der Waals surface area contributed by atoms with Crippen LogP contribution in [0, 0.1) is 13.5 Å². The molecule has 0 spiro atoms. The van der Waals surface area contributed by atoms with Crippen LogP contribution in [-0.4, -0.2) is 11.4 Å². The maximum Gasteiger partial charge on any atom is 0.210 e. The zero-order valence-electron chi connectivity index (χ0n) is 13.4. The molecule has 1 aliphatic rings. The van der Waals surface area contributed by atoms with Crippen molar-refractivity contribution in [2.75, 3.05) is 0 Å². The lowest BCUT2D eigenvalue weighted by molar-refractivity contribution is -0.125. The molecule has 0 N–H and O–H groups in total. The van der Waals surface area contributed by atoms with Crippen molar-refractivity contribution in [3.8, 4) is 0 Å². The Kier molecular flexibility index (Phi) is 3.54. The van der Waals surface area contributed by atoms with E-state index in [1.165, 1.54) is 0 Å². The van der Waals surface area contributed by atoms with E-state index in [0.29, 0.717) is 17.0 Å². The Balaban J connectivity index is 2.16. The van der Waals surface area contributed by atoms with Crippen molar-refractivity contribution >= 4 is 22.8 Å². The van der Waals surface area contributed by atoms with Gasteiger partial charge in [-0.05, 0) is 26.3 Å². The molecule has 3 heteroatoms. The Hall–Kier alpha value is -2.86. The lowest BCUT2D eigenvalue weighted by Gasteiger charge is -2.17. The van der Waals surface area contributed by atoms with Crippen LogP contribution in [-0.2, 0) is 9.53 Å². The predicted octanol–water partition coefficient (Wildman–Crippen LogP) is 4.79. The van der Waals surface area contributed by atoms with E-state index >= 15 is 0 Å². The number of ether oxygens (including phenoxy) is 1. The molecule has 0 fully saturated rings. The number of rotatable bonds is 2. The average Bonchev–Trinajstić information content (AvgIpc) is 2.79. The molecule has 0 amide bonds. The van der Waals surface area contributed by atoms with E-state index in [9.17, 15) is 4.79 Å². The van der Waals surface area contributed by atoms with Gasteiger partial charge in [-0.3, -0.25) is 4.79 Å². The number of carbonyl (C=O) groups is 1. The van der Waals surface area contributed by atoms with Gasteiger partial charge in [0.1, 0.15) is 5.76 Å². The molecule has 1 heterocycles. The number of ketones is 1. The highest BCUT2D eigenvalue weighted by Crippen LogP contribution is 2.41. The molecule has 3 nitrogen and oxygen atoms in total. The summed E-state index contributed by atoms with van der Waals surface area (Å²) in [6.45, 7) is 12.6.